The third-order valence-electron chi connectivity index (χ3n) is 4.38. The van der Waals surface area contributed by atoms with E-state index in [4.69, 9.17) is 9.15 Å². The van der Waals surface area contributed by atoms with E-state index >= 15 is 0 Å². The fraction of sp³-hybridized carbons (Fsp3) is 0.0455. The first-order valence-electron chi connectivity index (χ1n) is 8.96. The molecule has 0 bridgehead atoms. The van der Waals surface area contributed by atoms with Crippen molar-refractivity contribution in [1.82, 2.24) is 0 Å². The molecule has 4 rings (SSSR count). The standard InChI is InChI=1S/C22H17NO6S/c1-14(24)28-21-19(25)20(17-12-11-15-7-5-6-8-16(15)13-17)29-22(21)23-30(26,27)18-9-3-2-4-10-18/h2-13,23,25H,1H3. The number of furan rings is 1. The lowest BCUT2D eigenvalue weighted by atomic mass is 10.1. The molecular weight excluding hydrogens is 406 g/mol. The van der Waals surface area contributed by atoms with E-state index in [9.17, 15) is 18.3 Å². The molecule has 0 atom stereocenters. The van der Waals surface area contributed by atoms with Gasteiger partial charge < -0.3 is 14.3 Å². The number of carbonyl (C=O) groups excluding carboxylic acids is 1. The zero-order valence-electron chi connectivity index (χ0n) is 15.8. The molecule has 0 unspecified atom stereocenters. The highest BCUT2D eigenvalue weighted by Gasteiger charge is 2.28. The average molecular weight is 423 g/mol. The van der Waals surface area contributed by atoms with Crippen molar-refractivity contribution in [3.05, 3.63) is 72.8 Å². The third-order valence-corrected chi connectivity index (χ3v) is 5.73. The van der Waals surface area contributed by atoms with Crippen molar-refractivity contribution in [1.29, 1.82) is 0 Å². The Balaban J connectivity index is 1.81. The average Bonchev–Trinajstić information content (AvgIpc) is 3.03. The predicted molar refractivity (Wildman–Crippen MR) is 112 cm³/mol. The van der Waals surface area contributed by atoms with Crippen LogP contribution in [0.25, 0.3) is 22.1 Å². The van der Waals surface area contributed by atoms with Gasteiger partial charge in [-0.05, 0) is 29.0 Å². The second kappa shape index (κ2) is 7.57. The Morgan fingerprint density at radius 1 is 0.967 bits per heavy atom. The minimum Gasteiger partial charge on any atom is -0.502 e. The zero-order chi connectivity index (χ0) is 21.3. The molecule has 0 saturated heterocycles. The van der Waals surface area contributed by atoms with Crippen LogP contribution in [0, 0.1) is 0 Å². The SMILES string of the molecule is CC(=O)Oc1c(NS(=O)(=O)c2ccccc2)oc(-c2ccc3ccccc3c2)c1O. The van der Waals surface area contributed by atoms with Gasteiger partial charge in [-0.15, -0.1) is 0 Å². The van der Waals surface area contributed by atoms with E-state index in [-0.39, 0.29) is 10.7 Å². The van der Waals surface area contributed by atoms with E-state index in [1.807, 2.05) is 30.3 Å². The second-order valence-electron chi connectivity index (χ2n) is 6.51. The number of rotatable bonds is 5. The maximum absolute atomic E-state index is 12.7. The van der Waals surface area contributed by atoms with E-state index in [0.29, 0.717) is 5.56 Å². The van der Waals surface area contributed by atoms with Crippen LogP contribution in [-0.2, 0) is 14.8 Å². The smallest absolute Gasteiger partial charge is 0.308 e. The predicted octanol–water partition coefficient (Wildman–Crippen LogP) is 4.53. The summed E-state index contributed by atoms with van der Waals surface area (Å²) in [6.45, 7) is 1.14. The second-order valence-corrected chi connectivity index (χ2v) is 8.19. The Labute approximate surface area is 172 Å². The van der Waals surface area contributed by atoms with Crippen LogP contribution < -0.4 is 9.46 Å². The van der Waals surface area contributed by atoms with Crippen molar-refractivity contribution in [2.75, 3.05) is 4.72 Å². The van der Waals surface area contributed by atoms with Crippen molar-refractivity contribution in [3.8, 4) is 22.8 Å². The highest BCUT2D eigenvalue weighted by molar-refractivity contribution is 7.92. The Bertz CT molecular complexity index is 1340. The van der Waals surface area contributed by atoms with Gasteiger partial charge in [-0.2, -0.15) is 0 Å². The summed E-state index contributed by atoms with van der Waals surface area (Å²) in [5, 5.41) is 12.5. The summed E-state index contributed by atoms with van der Waals surface area (Å²) in [7, 11) is -4.04. The van der Waals surface area contributed by atoms with Crippen LogP contribution in [-0.4, -0.2) is 19.5 Å². The summed E-state index contributed by atoms with van der Waals surface area (Å²) in [6, 6.07) is 20.6. The van der Waals surface area contributed by atoms with Gasteiger partial charge in [0.15, 0.2) is 5.76 Å². The fourth-order valence-electron chi connectivity index (χ4n) is 3.02. The molecule has 30 heavy (non-hydrogen) atoms. The molecule has 0 amide bonds. The topological polar surface area (TPSA) is 106 Å². The summed E-state index contributed by atoms with van der Waals surface area (Å²) < 4.78 is 38.3. The van der Waals surface area contributed by atoms with E-state index in [1.165, 1.54) is 12.1 Å². The number of esters is 1. The van der Waals surface area contributed by atoms with Gasteiger partial charge in [0.2, 0.25) is 11.5 Å². The molecular formula is C22H17NO6S. The summed E-state index contributed by atoms with van der Waals surface area (Å²) in [4.78, 5) is 11.5. The molecule has 4 aromatic rings. The van der Waals surface area contributed by atoms with Crippen LogP contribution in [0.2, 0.25) is 0 Å². The Kier molecular flexibility index (Phi) is 4.93. The molecule has 1 aromatic heterocycles. The molecule has 2 N–H and O–H groups in total. The van der Waals surface area contributed by atoms with Crippen LogP contribution in [0.1, 0.15) is 6.92 Å². The molecule has 7 nitrogen and oxygen atoms in total. The highest BCUT2D eigenvalue weighted by Crippen LogP contribution is 2.47. The maximum atomic E-state index is 12.7. The van der Waals surface area contributed by atoms with Gasteiger partial charge in [0.25, 0.3) is 15.9 Å². The summed E-state index contributed by atoms with van der Waals surface area (Å²) in [5.74, 6) is -2.04. The first-order chi connectivity index (χ1) is 14.3. The minimum atomic E-state index is -4.04. The van der Waals surface area contributed by atoms with Crippen LogP contribution in [0.15, 0.2) is 82.1 Å². The number of ether oxygens (including phenoxy) is 1. The number of sulfonamides is 1. The largest absolute Gasteiger partial charge is 0.502 e. The van der Waals surface area contributed by atoms with Crippen LogP contribution in [0.5, 0.6) is 11.5 Å². The quantitative estimate of drug-likeness (QED) is 0.457. The molecule has 0 radical (unpaired) electrons. The Hall–Kier alpha value is -3.78. The lowest BCUT2D eigenvalue weighted by Crippen LogP contribution is -2.13. The van der Waals surface area contributed by atoms with Crippen molar-refractivity contribution < 1.29 is 27.5 Å². The number of aromatic hydroxyl groups is 1. The van der Waals surface area contributed by atoms with E-state index in [0.717, 1.165) is 17.7 Å². The van der Waals surface area contributed by atoms with E-state index in [1.54, 1.807) is 30.3 Å². The number of anilines is 1. The molecule has 0 spiro atoms. The van der Waals surface area contributed by atoms with Crippen LogP contribution >= 0.6 is 0 Å². The number of benzene rings is 3. The molecule has 0 saturated carbocycles. The normalized spacial score (nSPS) is 11.4. The number of nitrogens with one attached hydrogen (secondary N) is 1. The summed E-state index contributed by atoms with van der Waals surface area (Å²) in [6.07, 6.45) is 0. The summed E-state index contributed by atoms with van der Waals surface area (Å²) >= 11 is 0. The molecule has 0 aliphatic rings. The van der Waals surface area contributed by atoms with Crippen LogP contribution in [0.3, 0.4) is 0 Å². The zero-order valence-corrected chi connectivity index (χ0v) is 16.6. The van der Waals surface area contributed by atoms with Crippen molar-refractivity contribution in [2.24, 2.45) is 0 Å². The lowest BCUT2D eigenvalue weighted by Gasteiger charge is -2.07. The molecule has 152 valence electrons. The van der Waals surface area contributed by atoms with Gasteiger partial charge in [0, 0.05) is 12.5 Å². The van der Waals surface area contributed by atoms with Crippen LogP contribution in [0.4, 0.5) is 5.88 Å². The molecule has 3 aromatic carbocycles. The number of hydrogen-bond acceptors (Lipinski definition) is 6. The Morgan fingerprint density at radius 3 is 2.33 bits per heavy atom. The fourth-order valence-corrected chi connectivity index (χ4v) is 4.03. The Morgan fingerprint density at radius 2 is 1.63 bits per heavy atom. The highest BCUT2D eigenvalue weighted by atomic mass is 32.2. The number of carbonyl (C=O) groups is 1. The number of fused-ring (bicyclic) bond motifs is 1. The third kappa shape index (κ3) is 3.72. The first kappa shape index (κ1) is 19.5. The van der Waals surface area contributed by atoms with Crippen molar-refractivity contribution in [3.63, 3.8) is 0 Å². The summed E-state index contributed by atoms with van der Waals surface area (Å²) in [5.41, 5.74) is 0.491. The van der Waals surface area contributed by atoms with Gasteiger partial charge in [-0.25, -0.2) is 13.1 Å². The molecule has 0 aliphatic carbocycles. The molecule has 0 fully saturated rings. The molecule has 1 heterocycles. The maximum Gasteiger partial charge on any atom is 0.308 e. The molecule has 8 heteroatoms. The minimum absolute atomic E-state index is 0.0121. The van der Waals surface area contributed by atoms with E-state index < -0.39 is 33.4 Å². The molecule has 0 aliphatic heterocycles. The van der Waals surface area contributed by atoms with Gasteiger partial charge in [-0.3, -0.25) is 4.79 Å². The monoisotopic (exact) mass is 423 g/mol. The van der Waals surface area contributed by atoms with E-state index in [2.05, 4.69) is 4.72 Å². The first-order valence-corrected chi connectivity index (χ1v) is 10.4. The van der Waals surface area contributed by atoms with Crippen molar-refractivity contribution >= 4 is 32.6 Å². The van der Waals surface area contributed by atoms with Gasteiger partial charge in [0.1, 0.15) is 0 Å². The van der Waals surface area contributed by atoms with Gasteiger partial charge in [-0.1, -0.05) is 54.6 Å². The lowest BCUT2D eigenvalue weighted by molar-refractivity contribution is -0.131. The number of hydrogen-bond donors (Lipinski definition) is 2. The van der Waals surface area contributed by atoms with Crippen molar-refractivity contribution in [2.45, 2.75) is 11.8 Å². The van der Waals surface area contributed by atoms with Gasteiger partial charge in [0.05, 0.1) is 4.90 Å². The van der Waals surface area contributed by atoms with Gasteiger partial charge >= 0.3 is 5.97 Å².